The van der Waals surface area contributed by atoms with Gasteiger partial charge in [-0.3, -0.25) is 9.78 Å². The molecule has 1 amide bonds. The highest BCUT2D eigenvalue weighted by Gasteiger charge is 2.14. The molecule has 0 spiro atoms. The third-order valence-corrected chi connectivity index (χ3v) is 3.29. The van der Waals surface area contributed by atoms with Crippen LogP contribution >= 0.6 is 15.9 Å². The molecule has 0 radical (unpaired) electrons. The van der Waals surface area contributed by atoms with Gasteiger partial charge in [0.25, 0.3) is 5.91 Å². The number of rotatable bonds is 3. The first-order valence-corrected chi connectivity index (χ1v) is 6.79. The Morgan fingerprint density at radius 1 is 1.47 bits per heavy atom. The molecule has 1 atom stereocenters. The predicted molar refractivity (Wildman–Crippen MR) is 78.2 cm³/mol. The monoisotopic (exact) mass is 322 g/mol. The SMILES string of the molecule is Cc1cc(C(=O)NC(C)CO)c2cc(Br)ccc2n1. The van der Waals surface area contributed by atoms with Crippen molar-refractivity contribution in [3.63, 3.8) is 0 Å². The maximum absolute atomic E-state index is 12.2. The normalized spacial score (nSPS) is 12.4. The highest BCUT2D eigenvalue weighted by atomic mass is 79.9. The van der Waals surface area contributed by atoms with E-state index >= 15 is 0 Å². The number of pyridine rings is 1. The number of amides is 1. The highest BCUT2D eigenvalue weighted by molar-refractivity contribution is 9.10. The van der Waals surface area contributed by atoms with Gasteiger partial charge in [-0.1, -0.05) is 15.9 Å². The van der Waals surface area contributed by atoms with E-state index in [9.17, 15) is 4.79 Å². The molecule has 0 aliphatic rings. The largest absolute Gasteiger partial charge is 0.394 e. The smallest absolute Gasteiger partial charge is 0.252 e. The molecule has 0 aliphatic heterocycles. The zero-order chi connectivity index (χ0) is 14.0. The molecule has 2 aromatic rings. The van der Waals surface area contributed by atoms with Crippen molar-refractivity contribution in [3.8, 4) is 0 Å². The predicted octanol–water partition coefficient (Wildman–Crippen LogP) is 2.42. The molecule has 2 rings (SSSR count). The second kappa shape index (κ2) is 5.67. The van der Waals surface area contributed by atoms with Gasteiger partial charge in [-0.15, -0.1) is 0 Å². The Bertz CT molecular complexity index is 628. The molecule has 2 N–H and O–H groups in total. The van der Waals surface area contributed by atoms with Gasteiger partial charge in [-0.25, -0.2) is 0 Å². The number of hydrogen-bond acceptors (Lipinski definition) is 3. The summed E-state index contributed by atoms with van der Waals surface area (Å²) in [5, 5.41) is 12.6. The number of carbonyl (C=O) groups excluding carboxylic acids is 1. The first-order valence-electron chi connectivity index (χ1n) is 6.00. The highest BCUT2D eigenvalue weighted by Crippen LogP contribution is 2.22. The number of halogens is 1. The molecule has 5 heteroatoms. The summed E-state index contributed by atoms with van der Waals surface area (Å²) in [4.78, 5) is 16.6. The first-order chi connectivity index (χ1) is 9.01. The Labute approximate surface area is 120 Å². The maximum Gasteiger partial charge on any atom is 0.252 e. The lowest BCUT2D eigenvalue weighted by Gasteiger charge is -2.13. The maximum atomic E-state index is 12.2. The number of aryl methyl sites for hydroxylation is 1. The van der Waals surface area contributed by atoms with Crippen LogP contribution < -0.4 is 5.32 Å². The molecule has 0 bridgehead atoms. The summed E-state index contributed by atoms with van der Waals surface area (Å²) in [6.45, 7) is 3.52. The topological polar surface area (TPSA) is 62.2 Å². The van der Waals surface area contributed by atoms with Crippen molar-refractivity contribution in [2.45, 2.75) is 19.9 Å². The molecule has 1 unspecified atom stereocenters. The molecule has 19 heavy (non-hydrogen) atoms. The third-order valence-electron chi connectivity index (χ3n) is 2.79. The summed E-state index contributed by atoms with van der Waals surface area (Å²) in [6.07, 6.45) is 0. The Hall–Kier alpha value is -1.46. The Kier molecular flexibility index (Phi) is 4.17. The van der Waals surface area contributed by atoms with Gasteiger partial charge in [-0.2, -0.15) is 0 Å². The van der Waals surface area contributed by atoms with Crippen molar-refractivity contribution in [3.05, 3.63) is 40.0 Å². The van der Waals surface area contributed by atoms with Crippen LogP contribution in [0.1, 0.15) is 23.0 Å². The van der Waals surface area contributed by atoms with Gasteiger partial charge in [-0.05, 0) is 38.1 Å². The van der Waals surface area contributed by atoms with E-state index in [0.29, 0.717) is 5.56 Å². The lowest BCUT2D eigenvalue weighted by Crippen LogP contribution is -2.35. The molecule has 1 aromatic carbocycles. The minimum absolute atomic E-state index is 0.0859. The van der Waals surface area contributed by atoms with Gasteiger partial charge in [0.05, 0.1) is 17.7 Å². The van der Waals surface area contributed by atoms with Crippen molar-refractivity contribution in [2.75, 3.05) is 6.61 Å². The van der Waals surface area contributed by atoms with Gasteiger partial charge in [0, 0.05) is 21.6 Å². The van der Waals surface area contributed by atoms with Gasteiger partial charge >= 0.3 is 0 Å². The van der Waals surface area contributed by atoms with Crippen molar-refractivity contribution in [1.29, 1.82) is 0 Å². The van der Waals surface area contributed by atoms with E-state index in [2.05, 4.69) is 26.2 Å². The summed E-state index contributed by atoms with van der Waals surface area (Å²) < 4.78 is 0.898. The average Bonchev–Trinajstić information content (AvgIpc) is 2.38. The molecular formula is C14H15BrN2O2. The first kappa shape index (κ1) is 14.0. The van der Waals surface area contributed by atoms with Crippen LogP contribution in [0.5, 0.6) is 0 Å². The number of aliphatic hydroxyl groups is 1. The molecule has 0 saturated carbocycles. The molecule has 1 heterocycles. The van der Waals surface area contributed by atoms with E-state index in [1.165, 1.54) is 0 Å². The van der Waals surface area contributed by atoms with Crippen LogP contribution in [0.15, 0.2) is 28.7 Å². The van der Waals surface area contributed by atoms with Gasteiger partial charge < -0.3 is 10.4 Å². The van der Waals surface area contributed by atoms with E-state index in [1.807, 2.05) is 25.1 Å². The van der Waals surface area contributed by atoms with Crippen molar-refractivity contribution in [1.82, 2.24) is 10.3 Å². The lowest BCUT2D eigenvalue weighted by molar-refractivity contribution is 0.0924. The van der Waals surface area contributed by atoms with Gasteiger partial charge in [0.2, 0.25) is 0 Å². The quantitative estimate of drug-likeness (QED) is 0.912. The Balaban J connectivity index is 2.52. The Morgan fingerprint density at radius 2 is 2.21 bits per heavy atom. The van der Waals surface area contributed by atoms with Gasteiger partial charge in [0.15, 0.2) is 0 Å². The van der Waals surface area contributed by atoms with E-state index in [1.54, 1.807) is 13.0 Å². The van der Waals surface area contributed by atoms with Crippen molar-refractivity contribution < 1.29 is 9.90 Å². The van der Waals surface area contributed by atoms with E-state index in [-0.39, 0.29) is 18.6 Å². The number of benzene rings is 1. The second-order valence-corrected chi connectivity index (χ2v) is 5.45. The third kappa shape index (κ3) is 3.11. The number of aromatic nitrogens is 1. The minimum Gasteiger partial charge on any atom is -0.394 e. The number of fused-ring (bicyclic) bond motifs is 1. The average molecular weight is 323 g/mol. The van der Waals surface area contributed by atoms with E-state index in [0.717, 1.165) is 21.1 Å². The number of carbonyl (C=O) groups is 1. The van der Waals surface area contributed by atoms with Crippen molar-refractivity contribution >= 4 is 32.7 Å². The van der Waals surface area contributed by atoms with Crippen LogP contribution in [-0.4, -0.2) is 28.6 Å². The Morgan fingerprint density at radius 3 is 2.89 bits per heavy atom. The standard InChI is InChI=1S/C14H15BrN2O2/c1-8-5-12(14(19)17-9(2)7-18)11-6-10(15)3-4-13(11)16-8/h3-6,9,18H,7H2,1-2H3,(H,17,19). The van der Waals surface area contributed by atoms with Gasteiger partial charge in [0.1, 0.15) is 0 Å². The van der Waals surface area contributed by atoms with Crippen LogP contribution in [0.2, 0.25) is 0 Å². The van der Waals surface area contributed by atoms with Crippen LogP contribution in [0.3, 0.4) is 0 Å². The zero-order valence-electron chi connectivity index (χ0n) is 10.8. The summed E-state index contributed by atoms with van der Waals surface area (Å²) in [6, 6.07) is 7.13. The molecule has 0 fully saturated rings. The molecule has 4 nitrogen and oxygen atoms in total. The van der Waals surface area contributed by atoms with E-state index < -0.39 is 0 Å². The van der Waals surface area contributed by atoms with Crippen LogP contribution in [0.4, 0.5) is 0 Å². The molecular weight excluding hydrogens is 308 g/mol. The molecule has 0 saturated heterocycles. The number of nitrogens with zero attached hydrogens (tertiary/aromatic N) is 1. The fourth-order valence-electron chi connectivity index (χ4n) is 1.87. The summed E-state index contributed by atoms with van der Waals surface area (Å²) >= 11 is 3.40. The molecule has 1 aromatic heterocycles. The summed E-state index contributed by atoms with van der Waals surface area (Å²) in [5.41, 5.74) is 2.14. The second-order valence-electron chi connectivity index (χ2n) is 4.53. The van der Waals surface area contributed by atoms with Crippen LogP contribution in [-0.2, 0) is 0 Å². The molecule has 100 valence electrons. The van der Waals surface area contributed by atoms with E-state index in [4.69, 9.17) is 5.11 Å². The van der Waals surface area contributed by atoms with Crippen LogP contribution in [0.25, 0.3) is 10.9 Å². The summed E-state index contributed by atoms with van der Waals surface area (Å²) in [7, 11) is 0. The number of aliphatic hydroxyl groups excluding tert-OH is 1. The summed E-state index contributed by atoms with van der Waals surface area (Å²) in [5.74, 6) is -0.199. The lowest BCUT2D eigenvalue weighted by atomic mass is 10.1. The zero-order valence-corrected chi connectivity index (χ0v) is 12.4. The minimum atomic E-state index is -0.275. The fraction of sp³-hybridized carbons (Fsp3) is 0.286. The molecule has 0 aliphatic carbocycles. The number of nitrogens with one attached hydrogen (secondary N) is 1. The number of hydrogen-bond donors (Lipinski definition) is 2. The fourth-order valence-corrected chi connectivity index (χ4v) is 2.23. The van der Waals surface area contributed by atoms with Crippen LogP contribution in [0, 0.1) is 6.92 Å². The van der Waals surface area contributed by atoms with Crippen molar-refractivity contribution in [2.24, 2.45) is 0 Å².